The Morgan fingerprint density at radius 1 is 0.933 bits per heavy atom. The molecule has 160 valence electrons. The summed E-state index contributed by atoms with van der Waals surface area (Å²) in [7, 11) is 0. The lowest BCUT2D eigenvalue weighted by atomic mass is 10.1. The van der Waals surface area contributed by atoms with Crippen molar-refractivity contribution in [3.8, 4) is 0 Å². The Kier molecular flexibility index (Phi) is 8.25. The Hall–Kier alpha value is -2.41. The quantitative estimate of drug-likeness (QED) is 0.465. The van der Waals surface area contributed by atoms with E-state index in [2.05, 4.69) is 23.6 Å². The Bertz CT molecular complexity index is 849. The molecule has 7 heteroatoms. The van der Waals surface area contributed by atoms with Crippen LogP contribution in [-0.2, 0) is 22.6 Å². The molecular weight excluding hydrogens is 400 g/mol. The third-order valence-electron chi connectivity index (χ3n) is 5.65. The van der Waals surface area contributed by atoms with Gasteiger partial charge in [0.05, 0.1) is 13.1 Å². The molecule has 0 atom stereocenters. The summed E-state index contributed by atoms with van der Waals surface area (Å²) < 4.78 is 0. The topological polar surface area (TPSA) is 67.1 Å². The van der Waals surface area contributed by atoms with Crippen LogP contribution in [0.5, 0.6) is 0 Å². The number of aryl methyl sites for hydroxylation is 1. The highest BCUT2D eigenvalue weighted by atomic mass is 35.5. The van der Waals surface area contributed by atoms with E-state index in [1.807, 2.05) is 42.5 Å². The molecule has 0 spiro atoms. The Balaban J connectivity index is 1.33. The molecule has 0 radical (unpaired) electrons. The van der Waals surface area contributed by atoms with Crippen LogP contribution in [0.1, 0.15) is 18.1 Å². The number of amides is 2. The van der Waals surface area contributed by atoms with Crippen molar-refractivity contribution in [1.29, 1.82) is 0 Å². The molecule has 4 N–H and O–H groups in total. The van der Waals surface area contributed by atoms with Gasteiger partial charge in [-0.15, -0.1) is 0 Å². The lowest BCUT2D eigenvalue weighted by Crippen LogP contribution is -3.27. The predicted molar refractivity (Wildman–Crippen MR) is 119 cm³/mol. The first-order valence-corrected chi connectivity index (χ1v) is 11.0. The molecule has 30 heavy (non-hydrogen) atoms. The molecule has 3 rings (SSSR count). The van der Waals surface area contributed by atoms with Gasteiger partial charge in [0.25, 0.3) is 0 Å². The Morgan fingerprint density at radius 2 is 1.60 bits per heavy atom. The van der Waals surface area contributed by atoms with E-state index in [0.717, 1.165) is 50.7 Å². The first kappa shape index (κ1) is 22.3. The maximum atomic E-state index is 12.1. The number of carbonyl (C=O) groups is 2. The van der Waals surface area contributed by atoms with Crippen molar-refractivity contribution in [3.63, 3.8) is 0 Å². The van der Waals surface area contributed by atoms with Gasteiger partial charge in [-0.3, -0.25) is 9.59 Å². The van der Waals surface area contributed by atoms with E-state index in [4.69, 9.17) is 11.6 Å². The minimum Gasteiger partial charge on any atom is -0.342 e. The van der Waals surface area contributed by atoms with E-state index in [1.54, 1.807) is 0 Å². The number of rotatable bonds is 7. The van der Waals surface area contributed by atoms with Crippen LogP contribution < -0.4 is 20.4 Å². The van der Waals surface area contributed by atoms with Crippen molar-refractivity contribution in [1.82, 2.24) is 5.32 Å². The molecule has 2 aromatic rings. The lowest BCUT2D eigenvalue weighted by molar-refractivity contribution is -1.02. The number of nitrogens with one attached hydrogen (secondary N) is 4. The lowest BCUT2D eigenvalue weighted by Gasteiger charge is -2.30. The Labute approximate surface area is 183 Å². The second-order valence-corrected chi connectivity index (χ2v) is 8.19. The molecule has 0 aromatic heterocycles. The van der Waals surface area contributed by atoms with Crippen LogP contribution in [0.25, 0.3) is 0 Å². The molecule has 2 aromatic carbocycles. The fourth-order valence-corrected chi connectivity index (χ4v) is 3.94. The number of hydrogen-bond donors (Lipinski definition) is 4. The average molecular weight is 431 g/mol. The largest absolute Gasteiger partial charge is 0.342 e. The third kappa shape index (κ3) is 6.55. The van der Waals surface area contributed by atoms with Gasteiger partial charge in [-0.05, 0) is 30.2 Å². The summed E-state index contributed by atoms with van der Waals surface area (Å²) in [6.07, 6.45) is 0.937. The van der Waals surface area contributed by atoms with Gasteiger partial charge in [0, 0.05) is 16.3 Å². The van der Waals surface area contributed by atoms with Crippen molar-refractivity contribution in [3.05, 3.63) is 64.7 Å². The second-order valence-electron chi connectivity index (χ2n) is 7.78. The van der Waals surface area contributed by atoms with Crippen LogP contribution in [0.3, 0.4) is 0 Å². The first-order valence-electron chi connectivity index (χ1n) is 10.6. The maximum absolute atomic E-state index is 12.1. The molecular formula is C23H31ClN4O2+2. The van der Waals surface area contributed by atoms with Crippen LogP contribution in [-0.4, -0.2) is 51.1 Å². The number of hydrogen-bond acceptors (Lipinski definition) is 2. The molecule has 2 amide bonds. The van der Waals surface area contributed by atoms with E-state index in [9.17, 15) is 9.59 Å². The molecule has 0 bridgehead atoms. The summed E-state index contributed by atoms with van der Waals surface area (Å²) in [6.45, 7) is 8.58. The van der Waals surface area contributed by atoms with Gasteiger partial charge in [0.15, 0.2) is 0 Å². The van der Waals surface area contributed by atoms with Gasteiger partial charge in [0.2, 0.25) is 0 Å². The predicted octanol–water partition coefficient (Wildman–Crippen LogP) is -0.0593. The molecule has 1 aliphatic heterocycles. The normalized spacial score (nSPS) is 18.6. The standard InChI is InChI=1S/C23H29ClN4O2/c1-2-18-7-9-20(10-8-18)26-23(30)22(29)25-11-12-27-13-15-28(16-14-27)17-19-5-3-4-6-21(19)24/h3-10H,2,11-17H2,1H3,(H,25,29)(H,26,30)/p+2. The summed E-state index contributed by atoms with van der Waals surface area (Å²) >= 11 is 6.27. The summed E-state index contributed by atoms with van der Waals surface area (Å²) in [5.41, 5.74) is 3.02. The van der Waals surface area contributed by atoms with Crippen LogP contribution >= 0.6 is 11.6 Å². The van der Waals surface area contributed by atoms with Gasteiger partial charge in [0.1, 0.15) is 32.7 Å². The number of anilines is 1. The molecule has 0 saturated carbocycles. The van der Waals surface area contributed by atoms with Crippen molar-refractivity contribution in [2.45, 2.75) is 19.9 Å². The smallest absolute Gasteiger partial charge is 0.313 e. The van der Waals surface area contributed by atoms with Crippen molar-refractivity contribution in [2.75, 3.05) is 44.6 Å². The Morgan fingerprint density at radius 3 is 2.27 bits per heavy atom. The zero-order valence-corrected chi connectivity index (χ0v) is 18.2. The van der Waals surface area contributed by atoms with Crippen LogP contribution in [0.15, 0.2) is 48.5 Å². The number of quaternary nitrogens is 2. The summed E-state index contributed by atoms with van der Waals surface area (Å²) in [4.78, 5) is 27.1. The minimum absolute atomic E-state index is 0.496. The van der Waals surface area contributed by atoms with Gasteiger partial charge in [-0.1, -0.05) is 48.9 Å². The zero-order valence-electron chi connectivity index (χ0n) is 17.5. The zero-order chi connectivity index (χ0) is 21.3. The maximum Gasteiger partial charge on any atom is 0.313 e. The van der Waals surface area contributed by atoms with Gasteiger partial charge in [-0.25, -0.2) is 0 Å². The molecule has 1 aliphatic rings. The van der Waals surface area contributed by atoms with E-state index in [1.165, 1.54) is 20.9 Å². The fourth-order valence-electron chi connectivity index (χ4n) is 3.74. The van der Waals surface area contributed by atoms with E-state index in [-0.39, 0.29) is 0 Å². The van der Waals surface area contributed by atoms with E-state index >= 15 is 0 Å². The second kappa shape index (κ2) is 11.1. The van der Waals surface area contributed by atoms with Crippen molar-refractivity contribution in [2.24, 2.45) is 0 Å². The highest BCUT2D eigenvalue weighted by molar-refractivity contribution is 6.39. The van der Waals surface area contributed by atoms with Crippen molar-refractivity contribution < 1.29 is 19.4 Å². The molecule has 0 unspecified atom stereocenters. The van der Waals surface area contributed by atoms with E-state index < -0.39 is 11.8 Å². The van der Waals surface area contributed by atoms with Crippen molar-refractivity contribution >= 4 is 29.1 Å². The molecule has 1 heterocycles. The number of piperazine rings is 1. The monoisotopic (exact) mass is 430 g/mol. The number of halogens is 1. The number of carbonyl (C=O) groups excluding carboxylic acids is 2. The SMILES string of the molecule is CCc1ccc(NC(=O)C(=O)NCC[NH+]2CC[NH+](Cc3ccccc3Cl)CC2)cc1. The molecule has 1 saturated heterocycles. The summed E-state index contributed by atoms with van der Waals surface area (Å²) in [5, 5.41) is 6.21. The summed E-state index contributed by atoms with van der Waals surface area (Å²) in [6, 6.07) is 15.6. The third-order valence-corrected chi connectivity index (χ3v) is 6.02. The summed E-state index contributed by atoms with van der Waals surface area (Å²) in [5.74, 6) is -1.21. The van der Waals surface area contributed by atoms with Crippen LogP contribution in [0, 0.1) is 0 Å². The van der Waals surface area contributed by atoms with Gasteiger partial charge < -0.3 is 20.4 Å². The van der Waals surface area contributed by atoms with Crippen LogP contribution in [0.2, 0.25) is 5.02 Å². The minimum atomic E-state index is -0.622. The highest BCUT2D eigenvalue weighted by Gasteiger charge is 2.23. The molecule has 0 aliphatic carbocycles. The fraction of sp³-hybridized carbons (Fsp3) is 0.391. The van der Waals surface area contributed by atoms with Gasteiger partial charge >= 0.3 is 11.8 Å². The molecule has 1 fully saturated rings. The van der Waals surface area contributed by atoms with Crippen LogP contribution in [0.4, 0.5) is 5.69 Å². The molecule has 6 nitrogen and oxygen atoms in total. The van der Waals surface area contributed by atoms with E-state index in [0.29, 0.717) is 12.2 Å². The first-order chi connectivity index (χ1) is 14.5. The van der Waals surface area contributed by atoms with Gasteiger partial charge in [-0.2, -0.15) is 0 Å². The highest BCUT2D eigenvalue weighted by Crippen LogP contribution is 2.13. The number of benzene rings is 2. The average Bonchev–Trinajstić information content (AvgIpc) is 2.77.